The first-order valence-corrected chi connectivity index (χ1v) is 8.65. The molecule has 0 aromatic carbocycles. The zero-order valence-electron chi connectivity index (χ0n) is 11.8. The van der Waals surface area contributed by atoms with Gasteiger partial charge in [-0.3, -0.25) is 4.79 Å². The Balaban J connectivity index is 1.61. The Kier molecular flexibility index (Phi) is 4.22. The molecule has 0 aliphatic heterocycles. The molecule has 0 unspecified atom stereocenters. The number of hydrogen-bond donors (Lipinski definition) is 0. The fourth-order valence-corrected chi connectivity index (χ4v) is 4.39. The van der Waals surface area contributed by atoms with Crippen molar-refractivity contribution < 1.29 is 14.3 Å². The Bertz CT molecular complexity index is 658. The number of fused-ring (bicyclic) bond motifs is 1. The van der Waals surface area contributed by atoms with Gasteiger partial charge in [-0.05, 0) is 56.4 Å². The van der Waals surface area contributed by atoms with Crippen molar-refractivity contribution in [3.05, 3.63) is 43.3 Å². The molecule has 2 heterocycles. The Morgan fingerprint density at radius 1 is 1.14 bits per heavy atom. The van der Waals surface area contributed by atoms with Crippen LogP contribution in [0.15, 0.2) is 18.2 Å². The maximum Gasteiger partial charge on any atom is 0.348 e. The van der Waals surface area contributed by atoms with E-state index in [0.29, 0.717) is 9.75 Å². The van der Waals surface area contributed by atoms with Gasteiger partial charge >= 0.3 is 5.97 Å². The van der Waals surface area contributed by atoms with Gasteiger partial charge in [0.1, 0.15) is 4.88 Å². The lowest BCUT2D eigenvalue weighted by Gasteiger charge is -2.08. The molecule has 0 bridgehead atoms. The number of Topliss-reactive ketones (excluding diaryl/α,β-unsaturated/α-hetero) is 1. The molecular weight excluding hydrogens is 304 g/mol. The van der Waals surface area contributed by atoms with Gasteiger partial charge in [0, 0.05) is 9.75 Å². The van der Waals surface area contributed by atoms with Crippen LogP contribution in [-0.4, -0.2) is 18.4 Å². The van der Waals surface area contributed by atoms with Gasteiger partial charge in [0.2, 0.25) is 5.78 Å². The molecule has 21 heavy (non-hydrogen) atoms. The quantitative estimate of drug-likeness (QED) is 0.631. The molecule has 1 aliphatic rings. The molecule has 2 aromatic rings. The average Bonchev–Trinajstić information content (AvgIpc) is 3.10. The zero-order chi connectivity index (χ0) is 14.8. The fourth-order valence-electron chi connectivity index (χ4n) is 2.45. The fraction of sp³-hybridized carbons (Fsp3) is 0.375. The lowest BCUT2D eigenvalue weighted by Crippen LogP contribution is -2.12. The number of carbonyl (C=O) groups is 2. The van der Waals surface area contributed by atoms with Crippen molar-refractivity contribution in [2.45, 2.75) is 32.6 Å². The van der Waals surface area contributed by atoms with E-state index in [0.717, 1.165) is 17.7 Å². The zero-order valence-corrected chi connectivity index (χ0v) is 13.4. The normalized spacial score (nSPS) is 13.8. The Hall–Kier alpha value is -1.46. The highest BCUT2D eigenvalue weighted by Crippen LogP contribution is 2.30. The third kappa shape index (κ3) is 3.24. The summed E-state index contributed by atoms with van der Waals surface area (Å²) < 4.78 is 5.16. The summed E-state index contributed by atoms with van der Waals surface area (Å²) in [7, 11) is 0. The van der Waals surface area contributed by atoms with Gasteiger partial charge in [-0.25, -0.2) is 4.79 Å². The van der Waals surface area contributed by atoms with E-state index in [2.05, 4.69) is 0 Å². The second kappa shape index (κ2) is 6.12. The van der Waals surface area contributed by atoms with Gasteiger partial charge in [-0.1, -0.05) is 0 Å². The summed E-state index contributed by atoms with van der Waals surface area (Å²) in [5.41, 5.74) is 1.28. The molecule has 0 atom stereocenters. The van der Waals surface area contributed by atoms with Crippen LogP contribution in [0.4, 0.5) is 0 Å². The van der Waals surface area contributed by atoms with E-state index in [9.17, 15) is 9.59 Å². The maximum absolute atomic E-state index is 12.0. The van der Waals surface area contributed by atoms with Crippen LogP contribution in [0.3, 0.4) is 0 Å². The molecule has 3 rings (SSSR count). The highest BCUT2D eigenvalue weighted by Gasteiger charge is 2.19. The molecule has 0 radical (unpaired) electrons. The summed E-state index contributed by atoms with van der Waals surface area (Å²) in [5, 5.41) is 0. The van der Waals surface area contributed by atoms with Crippen molar-refractivity contribution >= 4 is 34.4 Å². The summed E-state index contributed by atoms with van der Waals surface area (Å²) in [6.07, 6.45) is 4.49. The van der Waals surface area contributed by atoms with Gasteiger partial charge in [0.15, 0.2) is 6.61 Å². The number of esters is 1. The smallest absolute Gasteiger partial charge is 0.348 e. The summed E-state index contributed by atoms with van der Waals surface area (Å²) in [4.78, 5) is 27.6. The standard InChI is InChI=1S/C16H16O3S2/c1-10-6-7-14(20-10)12(17)9-19-16(18)15-8-11-4-2-3-5-13(11)21-15/h6-8H,2-5,9H2,1H3. The number of rotatable bonds is 4. The molecule has 0 spiro atoms. The first kappa shape index (κ1) is 14.5. The van der Waals surface area contributed by atoms with Gasteiger partial charge < -0.3 is 4.74 Å². The predicted octanol–water partition coefficient (Wildman–Crippen LogP) is 4.04. The van der Waals surface area contributed by atoms with E-state index in [1.54, 1.807) is 6.07 Å². The summed E-state index contributed by atoms with van der Waals surface area (Å²) >= 11 is 2.94. The van der Waals surface area contributed by atoms with E-state index in [-0.39, 0.29) is 18.4 Å². The second-order valence-electron chi connectivity index (χ2n) is 5.18. The molecule has 0 saturated carbocycles. The van der Waals surface area contributed by atoms with Gasteiger partial charge in [0.05, 0.1) is 4.88 Å². The van der Waals surface area contributed by atoms with Crippen LogP contribution in [0.1, 0.15) is 47.5 Å². The molecule has 2 aromatic heterocycles. The van der Waals surface area contributed by atoms with Crippen LogP contribution in [-0.2, 0) is 17.6 Å². The Morgan fingerprint density at radius 3 is 2.67 bits per heavy atom. The van der Waals surface area contributed by atoms with Gasteiger partial charge in [-0.15, -0.1) is 22.7 Å². The highest BCUT2D eigenvalue weighted by molar-refractivity contribution is 7.14. The van der Waals surface area contributed by atoms with Crippen molar-refractivity contribution in [1.82, 2.24) is 0 Å². The minimum absolute atomic E-state index is 0.136. The maximum atomic E-state index is 12.0. The van der Waals surface area contributed by atoms with Crippen molar-refractivity contribution in [3.8, 4) is 0 Å². The lowest BCUT2D eigenvalue weighted by atomic mass is 9.99. The van der Waals surface area contributed by atoms with Gasteiger partial charge in [0.25, 0.3) is 0 Å². The van der Waals surface area contributed by atoms with Gasteiger partial charge in [-0.2, -0.15) is 0 Å². The van der Waals surface area contributed by atoms with E-state index in [4.69, 9.17) is 4.74 Å². The minimum Gasteiger partial charge on any atom is -0.453 e. The minimum atomic E-state index is -0.379. The van der Waals surface area contributed by atoms with Crippen molar-refractivity contribution in [2.24, 2.45) is 0 Å². The molecule has 110 valence electrons. The van der Waals surface area contributed by atoms with E-state index >= 15 is 0 Å². The van der Waals surface area contributed by atoms with Crippen LogP contribution in [0.25, 0.3) is 0 Å². The largest absolute Gasteiger partial charge is 0.453 e. The van der Waals surface area contributed by atoms with Crippen LogP contribution >= 0.6 is 22.7 Å². The third-order valence-electron chi connectivity index (χ3n) is 3.55. The van der Waals surface area contributed by atoms with Crippen LogP contribution in [0.5, 0.6) is 0 Å². The number of hydrogen-bond acceptors (Lipinski definition) is 5. The topological polar surface area (TPSA) is 43.4 Å². The SMILES string of the molecule is Cc1ccc(C(=O)COC(=O)c2cc3c(s2)CCCC3)s1. The number of thiophene rings is 2. The Morgan fingerprint density at radius 2 is 1.95 bits per heavy atom. The summed E-state index contributed by atoms with van der Waals surface area (Å²) in [6, 6.07) is 5.61. The van der Waals surface area contributed by atoms with Crippen molar-refractivity contribution in [1.29, 1.82) is 0 Å². The average molecular weight is 320 g/mol. The van der Waals surface area contributed by atoms with E-state index in [1.165, 1.54) is 46.0 Å². The number of aryl methyl sites for hydroxylation is 3. The lowest BCUT2D eigenvalue weighted by molar-refractivity contribution is 0.0480. The van der Waals surface area contributed by atoms with E-state index < -0.39 is 0 Å². The van der Waals surface area contributed by atoms with Crippen LogP contribution in [0, 0.1) is 6.92 Å². The molecule has 0 fully saturated rings. The first-order valence-electron chi connectivity index (χ1n) is 7.02. The van der Waals surface area contributed by atoms with Crippen LogP contribution in [0.2, 0.25) is 0 Å². The summed E-state index contributed by atoms with van der Waals surface area (Å²) in [5.74, 6) is -0.515. The molecule has 0 amide bonds. The number of ketones is 1. The molecule has 5 heteroatoms. The predicted molar refractivity (Wildman–Crippen MR) is 84.6 cm³/mol. The monoisotopic (exact) mass is 320 g/mol. The molecule has 3 nitrogen and oxygen atoms in total. The molecule has 1 aliphatic carbocycles. The van der Waals surface area contributed by atoms with Crippen molar-refractivity contribution in [2.75, 3.05) is 6.61 Å². The summed E-state index contributed by atoms with van der Waals surface area (Å²) in [6.45, 7) is 1.77. The second-order valence-corrected chi connectivity index (χ2v) is 7.60. The van der Waals surface area contributed by atoms with E-state index in [1.807, 2.05) is 19.1 Å². The third-order valence-corrected chi connectivity index (χ3v) is 5.81. The highest BCUT2D eigenvalue weighted by atomic mass is 32.1. The van der Waals surface area contributed by atoms with Crippen molar-refractivity contribution in [3.63, 3.8) is 0 Å². The molecule has 0 saturated heterocycles. The Labute approximate surface area is 131 Å². The molecule has 0 N–H and O–H groups in total. The first-order chi connectivity index (χ1) is 10.1. The van der Waals surface area contributed by atoms with Crippen LogP contribution < -0.4 is 0 Å². The number of ether oxygens (including phenoxy) is 1. The molecular formula is C16H16O3S2. The number of carbonyl (C=O) groups excluding carboxylic acids is 2.